The molecule has 3 N–H and O–H groups in total. The van der Waals surface area contributed by atoms with E-state index in [-0.39, 0.29) is 5.91 Å². The van der Waals surface area contributed by atoms with E-state index in [9.17, 15) is 4.79 Å². The van der Waals surface area contributed by atoms with Gasteiger partial charge in [-0.2, -0.15) is 0 Å². The molecule has 0 heterocycles. The Morgan fingerprint density at radius 1 is 1.53 bits per heavy atom. The third-order valence-corrected chi connectivity index (χ3v) is 2.80. The van der Waals surface area contributed by atoms with Crippen molar-refractivity contribution in [1.29, 1.82) is 0 Å². The van der Waals surface area contributed by atoms with Gasteiger partial charge in [0.15, 0.2) is 0 Å². The molecule has 0 aromatic heterocycles. The molecule has 2 rings (SSSR count). The number of ether oxygens (including phenoxy) is 1. The highest BCUT2D eigenvalue weighted by molar-refractivity contribution is 6.32. The Kier molecular flexibility index (Phi) is 3.74. The molecule has 0 aliphatic heterocycles. The van der Waals surface area contributed by atoms with Gasteiger partial charge in [-0.1, -0.05) is 11.6 Å². The number of amides is 1. The predicted molar refractivity (Wildman–Crippen MR) is 67.1 cm³/mol. The summed E-state index contributed by atoms with van der Waals surface area (Å²) in [5.74, 6) is 0.540. The van der Waals surface area contributed by atoms with E-state index in [1.54, 1.807) is 18.2 Å². The first-order valence-electron chi connectivity index (χ1n) is 5.62. The van der Waals surface area contributed by atoms with Gasteiger partial charge < -0.3 is 15.8 Å². The molecule has 1 aliphatic rings. The summed E-state index contributed by atoms with van der Waals surface area (Å²) in [5.41, 5.74) is 6.20. The topological polar surface area (TPSA) is 64.3 Å². The number of anilines is 1. The van der Waals surface area contributed by atoms with Crippen LogP contribution in [0.4, 0.5) is 5.69 Å². The summed E-state index contributed by atoms with van der Waals surface area (Å²) < 4.78 is 5.42. The normalized spacial score (nSPS) is 14.4. The Balaban J connectivity index is 1.76. The van der Waals surface area contributed by atoms with Crippen molar-refractivity contribution >= 4 is 23.2 Å². The van der Waals surface area contributed by atoms with Crippen molar-refractivity contribution in [3.05, 3.63) is 23.2 Å². The van der Waals surface area contributed by atoms with Gasteiger partial charge in [-0.25, -0.2) is 0 Å². The Morgan fingerprint density at radius 3 is 3.00 bits per heavy atom. The maximum atomic E-state index is 11.4. The standard InChI is InChI=1S/C12H15ClN2O2/c13-10-4-1-8(14)7-11(10)17-6-5-12(16)15-9-2-3-9/h1,4,7,9H,2-3,5-6,14H2,(H,15,16). The molecule has 0 radical (unpaired) electrons. The van der Waals surface area contributed by atoms with Crippen LogP contribution in [0.25, 0.3) is 0 Å². The number of carbonyl (C=O) groups is 1. The maximum Gasteiger partial charge on any atom is 0.223 e. The van der Waals surface area contributed by atoms with E-state index in [1.807, 2.05) is 0 Å². The van der Waals surface area contributed by atoms with Crippen molar-refractivity contribution in [2.24, 2.45) is 0 Å². The first-order chi connectivity index (χ1) is 8.15. The summed E-state index contributed by atoms with van der Waals surface area (Å²) in [6.45, 7) is 0.307. The molecule has 1 amide bonds. The number of nitrogens with one attached hydrogen (secondary N) is 1. The minimum atomic E-state index is 0.0209. The number of rotatable bonds is 5. The van der Waals surface area contributed by atoms with E-state index in [2.05, 4.69) is 5.32 Å². The number of hydrogen-bond acceptors (Lipinski definition) is 3. The average Bonchev–Trinajstić information content (AvgIpc) is 3.07. The lowest BCUT2D eigenvalue weighted by molar-refractivity contribution is -0.121. The second-order valence-electron chi connectivity index (χ2n) is 4.13. The van der Waals surface area contributed by atoms with Crippen LogP contribution in [0.5, 0.6) is 5.75 Å². The summed E-state index contributed by atoms with van der Waals surface area (Å²) in [6.07, 6.45) is 2.52. The minimum absolute atomic E-state index is 0.0209. The number of halogens is 1. The van der Waals surface area contributed by atoms with E-state index in [0.29, 0.717) is 35.5 Å². The van der Waals surface area contributed by atoms with Gasteiger partial charge in [-0.15, -0.1) is 0 Å². The van der Waals surface area contributed by atoms with Crippen LogP contribution >= 0.6 is 11.6 Å². The van der Waals surface area contributed by atoms with Crippen LogP contribution in [-0.2, 0) is 4.79 Å². The van der Waals surface area contributed by atoms with Gasteiger partial charge >= 0.3 is 0 Å². The van der Waals surface area contributed by atoms with E-state index in [1.165, 1.54) is 0 Å². The fourth-order valence-corrected chi connectivity index (χ4v) is 1.58. The van der Waals surface area contributed by atoms with Crippen molar-refractivity contribution in [3.8, 4) is 5.75 Å². The molecule has 0 bridgehead atoms. The van der Waals surface area contributed by atoms with Gasteiger partial charge in [0.1, 0.15) is 5.75 Å². The summed E-state index contributed by atoms with van der Waals surface area (Å²) in [6, 6.07) is 5.42. The molecule has 92 valence electrons. The molecule has 0 unspecified atom stereocenters. The van der Waals surface area contributed by atoms with Crippen molar-refractivity contribution in [3.63, 3.8) is 0 Å². The Labute approximate surface area is 105 Å². The zero-order valence-corrected chi connectivity index (χ0v) is 10.2. The van der Waals surface area contributed by atoms with Gasteiger partial charge in [-0.3, -0.25) is 4.79 Å². The molecule has 0 saturated heterocycles. The molecule has 5 heteroatoms. The number of benzene rings is 1. The molecular weight excluding hydrogens is 240 g/mol. The van der Waals surface area contributed by atoms with Crippen LogP contribution in [0.2, 0.25) is 5.02 Å². The molecule has 0 atom stereocenters. The molecular formula is C12H15ClN2O2. The fraction of sp³-hybridized carbons (Fsp3) is 0.417. The Hall–Kier alpha value is -1.42. The first kappa shape index (κ1) is 12.0. The van der Waals surface area contributed by atoms with Crippen LogP contribution < -0.4 is 15.8 Å². The fourth-order valence-electron chi connectivity index (χ4n) is 1.41. The Morgan fingerprint density at radius 2 is 2.29 bits per heavy atom. The van der Waals surface area contributed by atoms with E-state index < -0.39 is 0 Å². The third-order valence-electron chi connectivity index (χ3n) is 2.48. The average molecular weight is 255 g/mol. The molecule has 4 nitrogen and oxygen atoms in total. The van der Waals surface area contributed by atoms with Crippen LogP contribution in [0, 0.1) is 0 Å². The first-order valence-corrected chi connectivity index (χ1v) is 6.00. The van der Waals surface area contributed by atoms with E-state index >= 15 is 0 Å². The molecule has 1 aromatic rings. The summed E-state index contributed by atoms with van der Waals surface area (Å²) in [5, 5.41) is 3.39. The largest absolute Gasteiger partial charge is 0.491 e. The van der Waals surface area contributed by atoms with E-state index in [0.717, 1.165) is 12.8 Å². The van der Waals surface area contributed by atoms with Crippen LogP contribution in [0.3, 0.4) is 0 Å². The molecule has 1 fully saturated rings. The molecule has 17 heavy (non-hydrogen) atoms. The van der Waals surface area contributed by atoms with Gasteiger partial charge in [0.2, 0.25) is 5.91 Å². The SMILES string of the molecule is Nc1ccc(Cl)c(OCCC(=O)NC2CC2)c1. The zero-order valence-electron chi connectivity index (χ0n) is 9.41. The molecule has 1 aromatic carbocycles. The second kappa shape index (κ2) is 5.27. The smallest absolute Gasteiger partial charge is 0.223 e. The highest BCUT2D eigenvalue weighted by atomic mass is 35.5. The molecule has 0 spiro atoms. The monoisotopic (exact) mass is 254 g/mol. The summed E-state index contributed by atoms with van der Waals surface area (Å²) in [7, 11) is 0. The van der Waals surface area contributed by atoms with Gasteiger partial charge in [-0.05, 0) is 25.0 Å². The lowest BCUT2D eigenvalue weighted by Gasteiger charge is -2.08. The highest BCUT2D eigenvalue weighted by Gasteiger charge is 2.22. The van der Waals surface area contributed by atoms with Crippen molar-refractivity contribution in [1.82, 2.24) is 5.32 Å². The number of nitrogen functional groups attached to an aromatic ring is 1. The van der Waals surface area contributed by atoms with Crippen LogP contribution in [0.15, 0.2) is 18.2 Å². The molecule has 1 saturated carbocycles. The van der Waals surface area contributed by atoms with Crippen molar-refractivity contribution < 1.29 is 9.53 Å². The van der Waals surface area contributed by atoms with Gasteiger partial charge in [0, 0.05) is 17.8 Å². The molecule has 1 aliphatic carbocycles. The minimum Gasteiger partial charge on any atom is -0.491 e. The number of hydrogen-bond donors (Lipinski definition) is 2. The lowest BCUT2D eigenvalue weighted by Crippen LogP contribution is -2.26. The summed E-state index contributed by atoms with van der Waals surface area (Å²) in [4.78, 5) is 11.4. The predicted octanol–water partition coefficient (Wildman–Crippen LogP) is 1.97. The Bertz CT molecular complexity index is 419. The van der Waals surface area contributed by atoms with Crippen molar-refractivity contribution in [2.75, 3.05) is 12.3 Å². The second-order valence-corrected chi connectivity index (χ2v) is 4.54. The van der Waals surface area contributed by atoms with Crippen molar-refractivity contribution in [2.45, 2.75) is 25.3 Å². The van der Waals surface area contributed by atoms with E-state index in [4.69, 9.17) is 22.1 Å². The zero-order chi connectivity index (χ0) is 12.3. The number of carbonyl (C=O) groups excluding carboxylic acids is 1. The lowest BCUT2D eigenvalue weighted by atomic mass is 10.3. The van der Waals surface area contributed by atoms with Gasteiger partial charge in [0.05, 0.1) is 18.1 Å². The van der Waals surface area contributed by atoms with Gasteiger partial charge in [0.25, 0.3) is 0 Å². The van der Waals surface area contributed by atoms with Crippen LogP contribution in [-0.4, -0.2) is 18.6 Å². The quantitative estimate of drug-likeness (QED) is 0.790. The summed E-state index contributed by atoms with van der Waals surface area (Å²) >= 11 is 5.92. The number of nitrogens with two attached hydrogens (primary N) is 1. The van der Waals surface area contributed by atoms with Crippen LogP contribution in [0.1, 0.15) is 19.3 Å². The highest BCUT2D eigenvalue weighted by Crippen LogP contribution is 2.26. The maximum absolute atomic E-state index is 11.4. The third kappa shape index (κ3) is 3.82.